The summed E-state index contributed by atoms with van der Waals surface area (Å²) < 4.78 is 5.83. The monoisotopic (exact) mass is 554 g/mol. The first-order valence-corrected chi connectivity index (χ1v) is 14.2. The van der Waals surface area contributed by atoms with Crippen LogP contribution in [-0.2, 0) is 22.5 Å². The van der Waals surface area contributed by atoms with Gasteiger partial charge in [-0.1, -0.05) is 56.4 Å². The van der Waals surface area contributed by atoms with Gasteiger partial charge in [-0.15, -0.1) is 0 Å². The van der Waals surface area contributed by atoms with Gasteiger partial charge in [-0.05, 0) is 66.6 Å². The number of nitrogens with one attached hydrogen (secondary N) is 1. The third-order valence-electron chi connectivity index (χ3n) is 7.20. The van der Waals surface area contributed by atoms with Gasteiger partial charge in [0.1, 0.15) is 6.54 Å². The summed E-state index contributed by atoms with van der Waals surface area (Å²) >= 11 is 0. The van der Waals surface area contributed by atoms with Crippen molar-refractivity contribution in [1.29, 1.82) is 0 Å². The maximum absolute atomic E-state index is 13.1. The predicted octanol–water partition coefficient (Wildman–Crippen LogP) is 5.72. The van der Waals surface area contributed by atoms with Gasteiger partial charge in [-0.3, -0.25) is 19.4 Å². The summed E-state index contributed by atoms with van der Waals surface area (Å²) in [7, 11) is 1.26. The van der Waals surface area contributed by atoms with Crippen molar-refractivity contribution >= 4 is 28.3 Å². The average Bonchev–Trinajstić information content (AvgIpc) is 2.99. The SMILES string of the molecule is COC(=O)Cn1cc(NC(=O)c2cccc(-c3cncc4cc(CCCCCCCCCN)ccc34)c2)ccc1=O. The number of fused-ring (bicyclic) bond motifs is 1. The lowest BCUT2D eigenvalue weighted by Gasteiger charge is -2.11. The van der Waals surface area contributed by atoms with Crippen LogP contribution >= 0.6 is 0 Å². The average molecular weight is 555 g/mol. The van der Waals surface area contributed by atoms with E-state index in [0.29, 0.717) is 11.3 Å². The molecule has 0 atom stereocenters. The van der Waals surface area contributed by atoms with Crippen molar-refractivity contribution in [2.75, 3.05) is 19.0 Å². The van der Waals surface area contributed by atoms with Gasteiger partial charge in [0.25, 0.3) is 11.5 Å². The molecule has 2 aromatic carbocycles. The molecule has 8 nitrogen and oxygen atoms in total. The summed E-state index contributed by atoms with van der Waals surface area (Å²) in [5.74, 6) is -0.881. The molecule has 3 N–H and O–H groups in total. The molecule has 0 saturated heterocycles. The Morgan fingerprint density at radius 2 is 1.71 bits per heavy atom. The minimum atomic E-state index is -0.552. The number of amides is 1. The van der Waals surface area contributed by atoms with Crippen LogP contribution in [0.1, 0.15) is 60.9 Å². The fourth-order valence-corrected chi connectivity index (χ4v) is 4.93. The molecule has 4 aromatic rings. The van der Waals surface area contributed by atoms with Gasteiger partial charge < -0.3 is 20.4 Å². The molecule has 0 spiro atoms. The van der Waals surface area contributed by atoms with E-state index in [1.807, 2.05) is 30.6 Å². The number of hydrogen-bond acceptors (Lipinski definition) is 6. The second-order valence-electron chi connectivity index (χ2n) is 10.3. The predicted molar refractivity (Wildman–Crippen MR) is 163 cm³/mol. The van der Waals surface area contributed by atoms with E-state index in [2.05, 4.69) is 33.2 Å². The van der Waals surface area contributed by atoms with Crippen LogP contribution in [-0.4, -0.2) is 35.1 Å². The molecule has 0 aliphatic heterocycles. The molecule has 8 heteroatoms. The minimum Gasteiger partial charge on any atom is -0.468 e. The number of ether oxygens (including phenoxy) is 1. The Balaban J connectivity index is 1.43. The van der Waals surface area contributed by atoms with E-state index >= 15 is 0 Å². The number of benzene rings is 2. The van der Waals surface area contributed by atoms with Gasteiger partial charge in [0.05, 0.1) is 12.8 Å². The summed E-state index contributed by atoms with van der Waals surface area (Å²) in [5, 5.41) is 4.96. The van der Waals surface area contributed by atoms with Crippen LogP contribution in [0.25, 0.3) is 21.9 Å². The van der Waals surface area contributed by atoms with Crippen LogP contribution < -0.4 is 16.6 Å². The fourth-order valence-electron chi connectivity index (χ4n) is 4.93. The van der Waals surface area contributed by atoms with E-state index in [9.17, 15) is 14.4 Å². The first-order valence-electron chi connectivity index (χ1n) is 14.2. The van der Waals surface area contributed by atoms with Crippen molar-refractivity contribution in [3.63, 3.8) is 0 Å². The van der Waals surface area contributed by atoms with Gasteiger partial charge in [0.15, 0.2) is 0 Å². The molecule has 0 bridgehead atoms. The Bertz CT molecular complexity index is 1550. The van der Waals surface area contributed by atoms with Gasteiger partial charge >= 0.3 is 5.97 Å². The summed E-state index contributed by atoms with van der Waals surface area (Å²) in [6, 6.07) is 16.7. The molecule has 4 rings (SSSR count). The molecule has 0 saturated carbocycles. The Hall–Kier alpha value is -4.30. The molecule has 0 fully saturated rings. The highest BCUT2D eigenvalue weighted by Crippen LogP contribution is 2.29. The summed E-state index contributed by atoms with van der Waals surface area (Å²) in [5.41, 5.74) is 9.20. The van der Waals surface area contributed by atoms with Gasteiger partial charge in [-0.2, -0.15) is 0 Å². The van der Waals surface area contributed by atoms with E-state index in [1.54, 1.807) is 6.07 Å². The normalized spacial score (nSPS) is 11.0. The van der Waals surface area contributed by atoms with Gasteiger partial charge in [0.2, 0.25) is 0 Å². The summed E-state index contributed by atoms with van der Waals surface area (Å²) in [4.78, 5) is 41.2. The third-order valence-corrected chi connectivity index (χ3v) is 7.20. The van der Waals surface area contributed by atoms with E-state index in [0.717, 1.165) is 41.3 Å². The lowest BCUT2D eigenvalue weighted by atomic mass is 9.96. The van der Waals surface area contributed by atoms with Gasteiger partial charge in [0, 0.05) is 41.2 Å². The largest absolute Gasteiger partial charge is 0.468 e. The standard InChI is InChI=1S/C33H38N4O4/c1-41-32(39)23-37-22-28(14-16-31(37)38)36-33(40)26-12-9-11-25(19-26)30-21-35-20-27-18-24(13-15-29(27)30)10-7-5-3-2-4-6-8-17-34/h9,11-16,18-22H,2-8,10,17,23,34H2,1H3,(H,36,40). The van der Waals surface area contributed by atoms with Crippen molar-refractivity contribution < 1.29 is 14.3 Å². The van der Waals surface area contributed by atoms with Crippen molar-refractivity contribution in [3.05, 3.63) is 94.7 Å². The molecular formula is C33H38N4O4. The molecule has 0 aliphatic carbocycles. The van der Waals surface area contributed by atoms with Crippen LogP contribution in [0.5, 0.6) is 0 Å². The van der Waals surface area contributed by atoms with Crippen LogP contribution in [0.2, 0.25) is 0 Å². The Kier molecular flexibility index (Phi) is 10.8. The first kappa shape index (κ1) is 29.7. The van der Waals surface area contributed by atoms with E-state index in [4.69, 9.17) is 5.73 Å². The number of esters is 1. The number of unbranched alkanes of at least 4 members (excludes halogenated alkanes) is 6. The van der Waals surface area contributed by atoms with Crippen molar-refractivity contribution in [2.45, 2.75) is 57.9 Å². The highest BCUT2D eigenvalue weighted by Gasteiger charge is 2.12. The Morgan fingerprint density at radius 3 is 2.49 bits per heavy atom. The van der Waals surface area contributed by atoms with Crippen molar-refractivity contribution in [2.24, 2.45) is 5.73 Å². The number of aromatic nitrogens is 2. The number of carbonyl (C=O) groups excluding carboxylic acids is 2. The quantitative estimate of drug-likeness (QED) is 0.152. The number of methoxy groups -OCH3 is 1. The van der Waals surface area contributed by atoms with Crippen LogP contribution in [0.4, 0.5) is 5.69 Å². The third kappa shape index (κ3) is 8.35. The highest BCUT2D eigenvalue weighted by molar-refractivity contribution is 6.05. The van der Waals surface area contributed by atoms with Gasteiger partial charge in [-0.25, -0.2) is 0 Å². The molecule has 0 aliphatic rings. The fraction of sp³-hybridized carbons (Fsp3) is 0.333. The zero-order chi connectivity index (χ0) is 29.0. The molecule has 2 aromatic heterocycles. The van der Waals surface area contributed by atoms with Crippen molar-refractivity contribution in [3.8, 4) is 11.1 Å². The number of pyridine rings is 2. The number of hydrogen-bond donors (Lipinski definition) is 2. The number of aryl methyl sites for hydroxylation is 1. The zero-order valence-corrected chi connectivity index (χ0v) is 23.6. The number of rotatable bonds is 14. The smallest absolute Gasteiger partial charge is 0.325 e. The molecule has 1 amide bonds. The van der Waals surface area contributed by atoms with E-state index in [1.165, 1.54) is 74.1 Å². The Labute approximate surface area is 240 Å². The zero-order valence-electron chi connectivity index (χ0n) is 23.6. The second-order valence-corrected chi connectivity index (χ2v) is 10.3. The van der Waals surface area contributed by atoms with Crippen LogP contribution in [0, 0.1) is 0 Å². The summed E-state index contributed by atoms with van der Waals surface area (Å²) in [6.07, 6.45) is 14.8. The van der Waals surface area contributed by atoms with Crippen LogP contribution in [0.15, 0.2) is 78.0 Å². The number of carbonyl (C=O) groups is 2. The molecule has 41 heavy (non-hydrogen) atoms. The molecule has 0 unspecified atom stereocenters. The maximum atomic E-state index is 13.1. The van der Waals surface area contributed by atoms with Crippen molar-refractivity contribution in [1.82, 2.24) is 9.55 Å². The van der Waals surface area contributed by atoms with E-state index in [-0.39, 0.29) is 18.0 Å². The molecule has 214 valence electrons. The maximum Gasteiger partial charge on any atom is 0.325 e. The van der Waals surface area contributed by atoms with Crippen LogP contribution in [0.3, 0.4) is 0 Å². The lowest BCUT2D eigenvalue weighted by molar-refractivity contribution is -0.141. The lowest BCUT2D eigenvalue weighted by Crippen LogP contribution is -2.24. The topological polar surface area (TPSA) is 116 Å². The molecule has 2 heterocycles. The number of nitrogens with zero attached hydrogens (tertiary/aromatic N) is 2. The highest BCUT2D eigenvalue weighted by atomic mass is 16.5. The van der Waals surface area contributed by atoms with E-state index < -0.39 is 5.97 Å². The Morgan fingerprint density at radius 1 is 0.927 bits per heavy atom. The number of nitrogens with two attached hydrogens (primary N) is 1. The molecule has 0 radical (unpaired) electrons. The minimum absolute atomic E-state index is 0.236. The first-order chi connectivity index (χ1) is 20.0. The number of anilines is 1. The molecular weight excluding hydrogens is 516 g/mol. The summed E-state index contributed by atoms with van der Waals surface area (Å²) in [6.45, 7) is 0.555. The second kappa shape index (κ2) is 14.9.